The van der Waals surface area contributed by atoms with Gasteiger partial charge in [0.2, 0.25) is 0 Å². The molecule has 5 nitrogen and oxygen atoms in total. The SMILES string of the molecule is COC(=O)Cc1ccc(OCc2cc(Cl)n(C)n2)c(C)c1. The van der Waals surface area contributed by atoms with Gasteiger partial charge >= 0.3 is 5.97 Å². The lowest BCUT2D eigenvalue weighted by Gasteiger charge is -2.09. The van der Waals surface area contributed by atoms with Crippen LogP contribution in [0.25, 0.3) is 0 Å². The van der Waals surface area contributed by atoms with E-state index in [0.717, 1.165) is 22.6 Å². The second-order valence-corrected chi connectivity index (χ2v) is 5.11. The lowest BCUT2D eigenvalue weighted by Crippen LogP contribution is -2.05. The molecule has 2 rings (SSSR count). The van der Waals surface area contributed by atoms with Crippen LogP contribution in [0.15, 0.2) is 24.3 Å². The molecule has 0 aliphatic carbocycles. The number of carbonyl (C=O) groups excluding carboxylic acids is 1. The summed E-state index contributed by atoms with van der Waals surface area (Å²) in [5, 5.41) is 4.79. The number of methoxy groups -OCH3 is 1. The Morgan fingerprint density at radius 1 is 1.38 bits per heavy atom. The Hall–Kier alpha value is -2.01. The third kappa shape index (κ3) is 3.98. The first-order valence-corrected chi connectivity index (χ1v) is 6.85. The van der Waals surface area contributed by atoms with Gasteiger partial charge in [-0.2, -0.15) is 5.10 Å². The third-order valence-corrected chi connectivity index (χ3v) is 3.42. The molecule has 0 bridgehead atoms. The largest absolute Gasteiger partial charge is 0.487 e. The first kappa shape index (κ1) is 15.4. The van der Waals surface area contributed by atoms with Gasteiger partial charge in [-0.15, -0.1) is 0 Å². The molecule has 0 N–H and O–H groups in total. The maximum absolute atomic E-state index is 11.2. The Labute approximate surface area is 128 Å². The summed E-state index contributed by atoms with van der Waals surface area (Å²) in [6.07, 6.45) is 0.257. The van der Waals surface area contributed by atoms with Crippen molar-refractivity contribution < 1.29 is 14.3 Å². The summed E-state index contributed by atoms with van der Waals surface area (Å²) >= 11 is 5.93. The fourth-order valence-corrected chi connectivity index (χ4v) is 2.11. The Morgan fingerprint density at radius 3 is 2.71 bits per heavy atom. The van der Waals surface area contributed by atoms with Crippen molar-refractivity contribution in [1.29, 1.82) is 0 Å². The quantitative estimate of drug-likeness (QED) is 0.797. The predicted molar refractivity (Wildman–Crippen MR) is 79.4 cm³/mol. The summed E-state index contributed by atoms with van der Waals surface area (Å²) in [6, 6.07) is 7.38. The molecule has 1 aromatic heterocycles. The third-order valence-electron chi connectivity index (χ3n) is 3.06. The average Bonchev–Trinajstić information content (AvgIpc) is 2.76. The zero-order valence-corrected chi connectivity index (χ0v) is 13.0. The molecule has 21 heavy (non-hydrogen) atoms. The molecule has 0 unspecified atom stereocenters. The molecule has 0 saturated heterocycles. The highest BCUT2D eigenvalue weighted by Gasteiger charge is 2.08. The molecule has 112 valence electrons. The summed E-state index contributed by atoms with van der Waals surface area (Å²) in [4.78, 5) is 11.2. The van der Waals surface area contributed by atoms with E-state index in [1.54, 1.807) is 17.8 Å². The molecule has 0 spiro atoms. The van der Waals surface area contributed by atoms with Gasteiger partial charge in [-0.1, -0.05) is 23.7 Å². The number of esters is 1. The lowest BCUT2D eigenvalue weighted by atomic mass is 10.1. The Bertz CT molecular complexity index is 633. The molecule has 0 amide bonds. The van der Waals surface area contributed by atoms with Crippen LogP contribution in [0.4, 0.5) is 0 Å². The Morgan fingerprint density at radius 2 is 2.14 bits per heavy atom. The van der Waals surface area contributed by atoms with Crippen LogP contribution < -0.4 is 4.74 Å². The van der Waals surface area contributed by atoms with Crippen molar-refractivity contribution in [3.63, 3.8) is 0 Å². The van der Waals surface area contributed by atoms with E-state index in [-0.39, 0.29) is 12.4 Å². The number of aryl methyl sites for hydroxylation is 2. The van der Waals surface area contributed by atoms with Crippen LogP contribution in [0.3, 0.4) is 0 Å². The standard InChI is InChI=1S/C15H17ClN2O3/c1-10-6-11(7-15(19)20-3)4-5-13(10)21-9-12-8-14(16)18(2)17-12/h4-6,8H,7,9H2,1-3H3. The van der Waals surface area contributed by atoms with Crippen LogP contribution in [-0.2, 0) is 29.6 Å². The van der Waals surface area contributed by atoms with Crippen molar-refractivity contribution in [3.8, 4) is 5.75 Å². The molecule has 1 heterocycles. The van der Waals surface area contributed by atoms with E-state index in [0.29, 0.717) is 11.8 Å². The molecule has 0 radical (unpaired) electrons. The van der Waals surface area contributed by atoms with Gasteiger partial charge in [0.25, 0.3) is 0 Å². The van der Waals surface area contributed by atoms with E-state index in [1.165, 1.54) is 7.11 Å². The van der Waals surface area contributed by atoms with Gasteiger partial charge in [-0.3, -0.25) is 9.48 Å². The lowest BCUT2D eigenvalue weighted by molar-refractivity contribution is -0.139. The van der Waals surface area contributed by atoms with Crippen molar-refractivity contribution in [3.05, 3.63) is 46.2 Å². The number of ether oxygens (including phenoxy) is 2. The number of rotatable bonds is 5. The molecule has 0 saturated carbocycles. The van der Waals surface area contributed by atoms with Crippen LogP contribution in [-0.4, -0.2) is 22.9 Å². The fourth-order valence-electron chi connectivity index (χ4n) is 1.94. The maximum atomic E-state index is 11.2. The predicted octanol–water partition coefficient (Wildman–Crippen LogP) is 2.68. The van der Waals surface area contributed by atoms with Crippen molar-refractivity contribution in [2.75, 3.05) is 7.11 Å². The monoisotopic (exact) mass is 308 g/mol. The average molecular weight is 309 g/mol. The minimum atomic E-state index is -0.258. The van der Waals surface area contributed by atoms with Crippen LogP contribution in [0.5, 0.6) is 5.75 Å². The van der Waals surface area contributed by atoms with E-state index in [9.17, 15) is 4.79 Å². The number of nitrogens with zero attached hydrogens (tertiary/aromatic N) is 2. The summed E-state index contributed by atoms with van der Waals surface area (Å²) in [5.41, 5.74) is 2.62. The number of hydrogen-bond donors (Lipinski definition) is 0. The summed E-state index contributed by atoms with van der Waals surface area (Å²) < 4.78 is 12.0. The number of hydrogen-bond acceptors (Lipinski definition) is 4. The van der Waals surface area contributed by atoms with Crippen molar-refractivity contribution in [2.24, 2.45) is 7.05 Å². The van der Waals surface area contributed by atoms with Crippen LogP contribution in [0, 0.1) is 6.92 Å². The smallest absolute Gasteiger partial charge is 0.309 e. The molecular weight excluding hydrogens is 292 g/mol. The fraction of sp³-hybridized carbons (Fsp3) is 0.333. The van der Waals surface area contributed by atoms with Gasteiger partial charge < -0.3 is 9.47 Å². The van der Waals surface area contributed by atoms with E-state index >= 15 is 0 Å². The second kappa shape index (κ2) is 6.63. The van der Waals surface area contributed by atoms with Gasteiger partial charge in [0.1, 0.15) is 23.2 Å². The Balaban J connectivity index is 2.02. The van der Waals surface area contributed by atoms with Gasteiger partial charge in [0, 0.05) is 13.1 Å². The Kier molecular flexibility index (Phi) is 4.85. The van der Waals surface area contributed by atoms with Crippen molar-refractivity contribution >= 4 is 17.6 Å². The zero-order chi connectivity index (χ0) is 15.4. The maximum Gasteiger partial charge on any atom is 0.309 e. The zero-order valence-electron chi connectivity index (χ0n) is 12.2. The number of halogens is 1. The molecule has 0 aliphatic rings. The number of benzene rings is 1. The minimum absolute atomic E-state index is 0.257. The molecular formula is C15H17ClN2O3. The summed E-state index contributed by atoms with van der Waals surface area (Å²) in [6.45, 7) is 2.28. The van der Waals surface area contributed by atoms with Crippen LogP contribution in [0.1, 0.15) is 16.8 Å². The molecule has 6 heteroatoms. The first-order chi connectivity index (χ1) is 9.99. The number of aromatic nitrogens is 2. The second-order valence-electron chi connectivity index (χ2n) is 4.72. The van der Waals surface area contributed by atoms with Crippen LogP contribution in [0.2, 0.25) is 5.15 Å². The summed E-state index contributed by atoms with van der Waals surface area (Å²) in [5.74, 6) is 0.497. The van der Waals surface area contributed by atoms with Gasteiger partial charge in [-0.05, 0) is 24.1 Å². The van der Waals surface area contributed by atoms with Gasteiger partial charge in [0.05, 0.1) is 13.5 Å². The highest BCUT2D eigenvalue weighted by molar-refractivity contribution is 6.29. The topological polar surface area (TPSA) is 53.4 Å². The normalized spacial score (nSPS) is 10.5. The highest BCUT2D eigenvalue weighted by Crippen LogP contribution is 2.21. The molecule has 0 aliphatic heterocycles. The van der Waals surface area contributed by atoms with E-state index < -0.39 is 0 Å². The molecule has 0 fully saturated rings. The molecule has 1 aromatic carbocycles. The minimum Gasteiger partial charge on any atom is -0.487 e. The summed E-state index contributed by atoms with van der Waals surface area (Å²) in [7, 11) is 3.16. The van der Waals surface area contributed by atoms with E-state index in [2.05, 4.69) is 9.84 Å². The molecule has 0 atom stereocenters. The van der Waals surface area contributed by atoms with Crippen molar-refractivity contribution in [2.45, 2.75) is 20.0 Å². The first-order valence-electron chi connectivity index (χ1n) is 6.47. The van der Waals surface area contributed by atoms with Gasteiger partial charge in [-0.25, -0.2) is 0 Å². The number of carbonyl (C=O) groups is 1. The molecule has 2 aromatic rings. The van der Waals surface area contributed by atoms with E-state index in [1.807, 2.05) is 25.1 Å². The van der Waals surface area contributed by atoms with E-state index in [4.69, 9.17) is 16.3 Å². The van der Waals surface area contributed by atoms with Crippen LogP contribution >= 0.6 is 11.6 Å². The highest BCUT2D eigenvalue weighted by atomic mass is 35.5. The van der Waals surface area contributed by atoms with Gasteiger partial charge in [0.15, 0.2) is 0 Å². The van der Waals surface area contributed by atoms with Crippen molar-refractivity contribution in [1.82, 2.24) is 9.78 Å².